The standard InChI is InChI=1S/C13H17NO2/c1-13(2,8-14)12(15)11-7-9-5-3-4-6-10(9)16-11/h3-7,12,15H,8,14H2,1-2H3. The van der Waals surface area contributed by atoms with E-state index in [0.717, 1.165) is 11.0 Å². The zero-order valence-corrected chi connectivity index (χ0v) is 9.60. The van der Waals surface area contributed by atoms with E-state index in [4.69, 9.17) is 10.2 Å². The molecule has 1 heterocycles. The molecule has 0 radical (unpaired) electrons. The normalized spacial score (nSPS) is 14.2. The van der Waals surface area contributed by atoms with Crippen molar-refractivity contribution in [2.45, 2.75) is 20.0 Å². The first-order valence-corrected chi connectivity index (χ1v) is 5.41. The van der Waals surface area contributed by atoms with Gasteiger partial charge in [0.25, 0.3) is 0 Å². The maximum absolute atomic E-state index is 10.2. The third-order valence-corrected chi connectivity index (χ3v) is 2.98. The number of fused-ring (bicyclic) bond motifs is 1. The van der Waals surface area contributed by atoms with Gasteiger partial charge in [-0.3, -0.25) is 0 Å². The Kier molecular flexibility index (Phi) is 2.74. The zero-order valence-electron chi connectivity index (χ0n) is 9.60. The highest BCUT2D eigenvalue weighted by Crippen LogP contribution is 2.34. The molecule has 86 valence electrons. The molecule has 16 heavy (non-hydrogen) atoms. The van der Waals surface area contributed by atoms with Crippen LogP contribution in [0.1, 0.15) is 25.7 Å². The van der Waals surface area contributed by atoms with Crippen LogP contribution in [0.15, 0.2) is 34.7 Å². The van der Waals surface area contributed by atoms with Crippen molar-refractivity contribution in [3.05, 3.63) is 36.1 Å². The van der Waals surface area contributed by atoms with Crippen LogP contribution in [0.4, 0.5) is 0 Å². The number of furan rings is 1. The van der Waals surface area contributed by atoms with Crippen molar-refractivity contribution in [3.63, 3.8) is 0 Å². The number of hydrogen-bond donors (Lipinski definition) is 2. The van der Waals surface area contributed by atoms with Crippen LogP contribution in [0.5, 0.6) is 0 Å². The molecule has 3 nitrogen and oxygen atoms in total. The summed E-state index contributed by atoms with van der Waals surface area (Å²) in [5.41, 5.74) is 6.05. The zero-order chi connectivity index (χ0) is 11.8. The SMILES string of the molecule is CC(C)(CN)C(O)c1cc2ccccc2o1. The van der Waals surface area contributed by atoms with Crippen LogP contribution < -0.4 is 5.73 Å². The number of nitrogens with two attached hydrogens (primary N) is 1. The lowest BCUT2D eigenvalue weighted by Crippen LogP contribution is -2.30. The van der Waals surface area contributed by atoms with Gasteiger partial charge in [-0.2, -0.15) is 0 Å². The average Bonchev–Trinajstić information content (AvgIpc) is 2.71. The van der Waals surface area contributed by atoms with Gasteiger partial charge in [-0.05, 0) is 12.1 Å². The molecule has 0 saturated heterocycles. The summed E-state index contributed by atoms with van der Waals surface area (Å²) in [4.78, 5) is 0. The molecular weight excluding hydrogens is 202 g/mol. The highest BCUT2D eigenvalue weighted by molar-refractivity contribution is 5.77. The lowest BCUT2D eigenvalue weighted by atomic mass is 9.85. The Morgan fingerprint density at radius 1 is 1.38 bits per heavy atom. The van der Waals surface area contributed by atoms with Crippen LogP contribution in [-0.4, -0.2) is 11.7 Å². The molecule has 1 unspecified atom stereocenters. The van der Waals surface area contributed by atoms with Crippen LogP contribution in [-0.2, 0) is 0 Å². The van der Waals surface area contributed by atoms with Crippen LogP contribution >= 0.6 is 0 Å². The van der Waals surface area contributed by atoms with E-state index in [1.807, 2.05) is 44.2 Å². The van der Waals surface area contributed by atoms with Crippen molar-refractivity contribution in [1.82, 2.24) is 0 Å². The van der Waals surface area contributed by atoms with Gasteiger partial charge in [-0.15, -0.1) is 0 Å². The molecule has 3 heteroatoms. The van der Waals surface area contributed by atoms with E-state index in [1.165, 1.54) is 0 Å². The maximum Gasteiger partial charge on any atom is 0.134 e. The Balaban J connectivity index is 2.40. The van der Waals surface area contributed by atoms with E-state index in [1.54, 1.807) is 0 Å². The van der Waals surface area contributed by atoms with Crippen LogP contribution in [0.3, 0.4) is 0 Å². The van der Waals surface area contributed by atoms with Crippen molar-refractivity contribution in [2.75, 3.05) is 6.54 Å². The van der Waals surface area contributed by atoms with Crippen LogP contribution in [0.25, 0.3) is 11.0 Å². The molecule has 1 aromatic carbocycles. The number of hydrogen-bond acceptors (Lipinski definition) is 3. The molecule has 0 aliphatic heterocycles. The molecule has 0 saturated carbocycles. The van der Waals surface area contributed by atoms with Gasteiger partial charge in [-0.1, -0.05) is 32.0 Å². The van der Waals surface area contributed by atoms with Crippen molar-refractivity contribution < 1.29 is 9.52 Å². The Hall–Kier alpha value is -1.32. The largest absolute Gasteiger partial charge is 0.458 e. The van der Waals surface area contributed by atoms with Crippen molar-refractivity contribution in [3.8, 4) is 0 Å². The van der Waals surface area contributed by atoms with Crippen molar-refractivity contribution in [1.29, 1.82) is 0 Å². The summed E-state index contributed by atoms with van der Waals surface area (Å²) in [6, 6.07) is 9.58. The molecule has 0 bridgehead atoms. The van der Waals surface area contributed by atoms with E-state index in [2.05, 4.69) is 0 Å². The van der Waals surface area contributed by atoms with Gasteiger partial charge in [0.1, 0.15) is 17.4 Å². The predicted molar refractivity (Wildman–Crippen MR) is 64.0 cm³/mol. The molecule has 0 aliphatic carbocycles. The molecular formula is C13H17NO2. The molecule has 1 aromatic heterocycles. The molecule has 2 aromatic rings. The van der Waals surface area contributed by atoms with Crippen molar-refractivity contribution >= 4 is 11.0 Å². The second kappa shape index (κ2) is 3.92. The van der Waals surface area contributed by atoms with Gasteiger partial charge >= 0.3 is 0 Å². The smallest absolute Gasteiger partial charge is 0.134 e. The summed E-state index contributed by atoms with van der Waals surface area (Å²) < 4.78 is 5.61. The van der Waals surface area contributed by atoms with Gasteiger partial charge in [-0.25, -0.2) is 0 Å². The summed E-state index contributed by atoms with van der Waals surface area (Å²) in [5.74, 6) is 0.580. The Bertz CT molecular complexity index is 454. The minimum atomic E-state index is -0.676. The van der Waals surface area contributed by atoms with E-state index in [0.29, 0.717) is 12.3 Å². The van der Waals surface area contributed by atoms with E-state index in [-0.39, 0.29) is 5.41 Å². The minimum absolute atomic E-state index is 0.381. The molecule has 1 atom stereocenters. The summed E-state index contributed by atoms with van der Waals surface area (Å²) in [7, 11) is 0. The topological polar surface area (TPSA) is 59.4 Å². The van der Waals surface area contributed by atoms with Crippen LogP contribution in [0.2, 0.25) is 0 Å². The fraction of sp³-hybridized carbons (Fsp3) is 0.385. The number of rotatable bonds is 3. The Labute approximate surface area is 94.9 Å². The minimum Gasteiger partial charge on any atom is -0.458 e. The van der Waals surface area contributed by atoms with Crippen molar-refractivity contribution in [2.24, 2.45) is 11.1 Å². The summed E-state index contributed by atoms with van der Waals surface area (Å²) in [6.45, 7) is 4.25. The Morgan fingerprint density at radius 2 is 2.06 bits per heavy atom. The average molecular weight is 219 g/mol. The molecule has 2 rings (SSSR count). The number of para-hydroxylation sites is 1. The second-order valence-electron chi connectivity index (χ2n) is 4.78. The molecule has 0 spiro atoms. The lowest BCUT2D eigenvalue weighted by molar-refractivity contribution is 0.0383. The quantitative estimate of drug-likeness (QED) is 0.833. The van der Waals surface area contributed by atoms with Gasteiger partial charge in [0.05, 0.1) is 0 Å². The summed E-state index contributed by atoms with van der Waals surface area (Å²) in [5, 5.41) is 11.2. The van der Waals surface area contributed by atoms with Gasteiger partial charge in [0.2, 0.25) is 0 Å². The number of benzene rings is 1. The molecule has 0 fully saturated rings. The first-order valence-electron chi connectivity index (χ1n) is 5.41. The van der Waals surface area contributed by atoms with E-state index < -0.39 is 6.10 Å². The van der Waals surface area contributed by atoms with E-state index in [9.17, 15) is 5.11 Å². The number of aliphatic hydroxyl groups is 1. The molecule has 0 amide bonds. The molecule has 0 aliphatic rings. The summed E-state index contributed by atoms with van der Waals surface area (Å²) in [6.07, 6.45) is -0.676. The fourth-order valence-corrected chi connectivity index (χ4v) is 1.63. The fourth-order valence-electron chi connectivity index (χ4n) is 1.63. The monoisotopic (exact) mass is 219 g/mol. The highest BCUT2D eigenvalue weighted by atomic mass is 16.4. The first-order chi connectivity index (χ1) is 7.54. The van der Waals surface area contributed by atoms with Gasteiger partial charge < -0.3 is 15.3 Å². The molecule has 3 N–H and O–H groups in total. The summed E-state index contributed by atoms with van der Waals surface area (Å²) >= 11 is 0. The maximum atomic E-state index is 10.2. The van der Waals surface area contributed by atoms with Crippen LogP contribution in [0, 0.1) is 5.41 Å². The van der Waals surface area contributed by atoms with Gasteiger partial charge in [0.15, 0.2) is 0 Å². The Morgan fingerprint density at radius 3 is 2.69 bits per heavy atom. The third kappa shape index (κ3) is 1.84. The third-order valence-electron chi connectivity index (χ3n) is 2.98. The lowest BCUT2D eigenvalue weighted by Gasteiger charge is -2.27. The predicted octanol–water partition coefficient (Wildman–Crippen LogP) is 2.45. The highest BCUT2D eigenvalue weighted by Gasteiger charge is 2.30. The number of aliphatic hydroxyl groups excluding tert-OH is 1. The first kappa shape index (κ1) is 11.2. The van der Waals surface area contributed by atoms with E-state index >= 15 is 0 Å². The van der Waals surface area contributed by atoms with Gasteiger partial charge in [0, 0.05) is 17.3 Å². The second-order valence-corrected chi connectivity index (χ2v) is 4.78.